The van der Waals surface area contributed by atoms with Crippen molar-refractivity contribution in [3.05, 3.63) is 23.8 Å². The van der Waals surface area contributed by atoms with Gasteiger partial charge < -0.3 is 15.5 Å². The number of rotatable bonds is 5. The Balaban J connectivity index is 1.85. The summed E-state index contributed by atoms with van der Waals surface area (Å²) in [4.78, 5) is 10.9. The second kappa shape index (κ2) is 6.45. The Kier molecular flexibility index (Phi) is 4.66. The second-order valence-corrected chi connectivity index (χ2v) is 5.26. The van der Waals surface area contributed by atoms with E-state index >= 15 is 0 Å². The number of hydrogen-bond donors (Lipinski definition) is 3. The molecule has 2 rings (SSSR count). The Morgan fingerprint density at radius 2 is 2.00 bits per heavy atom. The molecule has 0 amide bonds. The van der Waals surface area contributed by atoms with Gasteiger partial charge in [0.05, 0.1) is 0 Å². The predicted octanol–water partition coefficient (Wildman–Crippen LogP) is 3.47. The Bertz CT molecular complexity index is 439. The van der Waals surface area contributed by atoms with Gasteiger partial charge in [-0.3, -0.25) is 0 Å². The largest absolute Gasteiger partial charge is 0.507 e. The molecule has 0 heterocycles. The van der Waals surface area contributed by atoms with E-state index in [-0.39, 0.29) is 11.3 Å². The molecule has 0 unspecified atom stereocenters. The maximum Gasteiger partial charge on any atom is 0.339 e. The van der Waals surface area contributed by atoms with E-state index in [2.05, 4.69) is 5.32 Å². The summed E-state index contributed by atoms with van der Waals surface area (Å²) in [5.41, 5.74) is 0.702. The quantitative estimate of drug-likeness (QED) is 0.711. The molecule has 19 heavy (non-hydrogen) atoms. The lowest BCUT2D eigenvalue weighted by Gasteiger charge is -2.21. The second-order valence-electron chi connectivity index (χ2n) is 5.26. The number of aromatic hydroxyl groups is 1. The number of carboxylic acid groups (broad SMARTS) is 1. The Morgan fingerprint density at radius 1 is 1.26 bits per heavy atom. The van der Waals surface area contributed by atoms with E-state index in [0.717, 1.165) is 24.6 Å². The van der Waals surface area contributed by atoms with Crippen LogP contribution in [0, 0.1) is 5.92 Å². The van der Waals surface area contributed by atoms with Gasteiger partial charge in [-0.05, 0) is 30.5 Å². The van der Waals surface area contributed by atoms with Crippen molar-refractivity contribution in [3.63, 3.8) is 0 Å². The van der Waals surface area contributed by atoms with E-state index < -0.39 is 5.97 Å². The highest BCUT2D eigenvalue weighted by Gasteiger charge is 2.13. The van der Waals surface area contributed by atoms with Gasteiger partial charge in [0.25, 0.3) is 0 Å². The summed E-state index contributed by atoms with van der Waals surface area (Å²) in [5, 5.41) is 21.6. The number of nitrogens with one attached hydrogen (secondary N) is 1. The van der Waals surface area contributed by atoms with Gasteiger partial charge in [-0.1, -0.05) is 32.1 Å². The molecule has 0 atom stereocenters. The highest BCUT2D eigenvalue weighted by Crippen LogP contribution is 2.26. The molecule has 0 radical (unpaired) electrons. The van der Waals surface area contributed by atoms with Crippen LogP contribution in [-0.2, 0) is 0 Å². The average molecular weight is 263 g/mol. The Morgan fingerprint density at radius 3 is 2.68 bits per heavy atom. The van der Waals surface area contributed by atoms with Gasteiger partial charge in [0.15, 0.2) is 0 Å². The van der Waals surface area contributed by atoms with Crippen LogP contribution in [0.25, 0.3) is 0 Å². The number of hydrogen-bond acceptors (Lipinski definition) is 3. The molecule has 4 nitrogen and oxygen atoms in total. The van der Waals surface area contributed by atoms with Crippen LogP contribution in [0.4, 0.5) is 5.69 Å². The monoisotopic (exact) mass is 263 g/mol. The van der Waals surface area contributed by atoms with Crippen LogP contribution in [0.3, 0.4) is 0 Å². The van der Waals surface area contributed by atoms with Gasteiger partial charge in [0, 0.05) is 12.2 Å². The number of carboxylic acids is 1. The topological polar surface area (TPSA) is 69.6 Å². The van der Waals surface area contributed by atoms with E-state index in [4.69, 9.17) is 5.11 Å². The minimum absolute atomic E-state index is 0.0531. The first-order valence-electron chi connectivity index (χ1n) is 6.97. The number of aromatic carboxylic acids is 1. The average Bonchev–Trinajstić information content (AvgIpc) is 2.41. The number of benzene rings is 1. The van der Waals surface area contributed by atoms with Gasteiger partial charge >= 0.3 is 5.97 Å². The molecule has 1 aromatic carbocycles. The minimum Gasteiger partial charge on any atom is -0.507 e. The molecule has 0 spiro atoms. The molecule has 4 heteroatoms. The van der Waals surface area contributed by atoms with Crippen molar-refractivity contribution in [2.45, 2.75) is 38.5 Å². The van der Waals surface area contributed by atoms with Crippen molar-refractivity contribution in [2.75, 3.05) is 11.9 Å². The zero-order valence-corrected chi connectivity index (χ0v) is 11.1. The molecular formula is C15H21NO3. The summed E-state index contributed by atoms with van der Waals surface area (Å²) < 4.78 is 0. The first kappa shape index (κ1) is 13.7. The van der Waals surface area contributed by atoms with Crippen LogP contribution >= 0.6 is 0 Å². The zero-order chi connectivity index (χ0) is 13.7. The third kappa shape index (κ3) is 3.88. The van der Waals surface area contributed by atoms with Crippen molar-refractivity contribution < 1.29 is 15.0 Å². The lowest BCUT2D eigenvalue weighted by Crippen LogP contribution is -2.12. The van der Waals surface area contributed by atoms with Crippen LogP contribution in [0.1, 0.15) is 48.9 Å². The number of carbonyl (C=O) groups is 1. The predicted molar refractivity (Wildman–Crippen MR) is 74.7 cm³/mol. The van der Waals surface area contributed by atoms with E-state index in [1.165, 1.54) is 44.2 Å². The first-order chi connectivity index (χ1) is 9.16. The highest BCUT2D eigenvalue weighted by atomic mass is 16.4. The van der Waals surface area contributed by atoms with Crippen LogP contribution < -0.4 is 5.32 Å². The molecule has 1 aliphatic carbocycles. The van der Waals surface area contributed by atoms with Gasteiger partial charge in [0.2, 0.25) is 0 Å². The van der Waals surface area contributed by atoms with E-state index in [9.17, 15) is 9.90 Å². The van der Waals surface area contributed by atoms with E-state index in [1.54, 1.807) is 6.07 Å². The molecule has 3 N–H and O–H groups in total. The number of anilines is 1. The summed E-state index contributed by atoms with van der Waals surface area (Å²) in [6.07, 6.45) is 7.81. The molecule has 0 saturated heterocycles. The fourth-order valence-electron chi connectivity index (χ4n) is 2.71. The molecule has 0 aromatic heterocycles. The summed E-state index contributed by atoms with van der Waals surface area (Å²) in [6, 6.07) is 4.62. The summed E-state index contributed by atoms with van der Waals surface area (Å²) >= 11 is 0. The highest BCUT2D eigenvalue weighted by molar-refractivity contribution is 5.91. The molecule has 0 aliphatic heterocycles. The lowest BCUT2D eigenvalue weighted by molar-refractivity contribution is 0.0694. The maximum atomic E-state index is 10.9. The van der Waals surface area contributed by atoms with Crippen molar-refractivity contribution >= 4 is 11.7 Å². The van der Waals surface area contributed by atoms with Crippen LogP contribution in [0.15, 0.2) is 18.2 Å². The molecule has 1 fully saturated rings. The van der Waals surface area contributed by atoms with Crippen LogP contribution in [0.2, 0.25) is 0 Å². The third-order valence-electron chi connectivity index (χ3n) is 3.83. The molecular weight excluding hydrogens is 242 g/mol. The fraction of sp³-hybridized carbons (Fsp3) is 0.533. The maximum absolute atomic E-state index is 10.9. The van der Waals surface area contributed by atoms with Crippen molar-refractivity contribution in [3.8, 4) is 5.75 Å². The third-order valence-corrected chi connectivity index (χ3v) is 3.83. The van der Waals surface area contributed by atoms with Crippen LogP contribution in [0.5, 0.6) is 5.75 Å². The number of phenols is 1. The fourth-order valence-corrected chi connectivity index (χ4v) is 2.71. The SMILES string of the molecule is O=C(O)c1cc(NCCC2CCCCC2)ccc1O. The normalized spacial score (nSPS) is 16.2. The summed E-state index contributed by atoms with van der Waals surface area (Å²) in [6.45, 7) is 0.856. The molecule has 1 aliphatic rings. The molecule has 1 aromatic rings. The Labute approximate surface area is 113 Å². The van der Waals surface area contributed by atoms with E-state index in [1.807, 2.05) is 0 Å². The molecule has 0 bridgehead atoms. The van der Waals surface area contributed by atoms with Crippen molar-refractivity contribution in [1.29, 1.82) is 0 Å². The van der Waals surface area contributed by atoms with Crippen molar-refractivity contribution in [1.82, 2.24) is 0 Å². The smallest absolute Gasteiger partial charge is 0.339 e. The van der Waals surface area contributed by atoms with Gasteiger partial charge in [-0.2, -0.15) is 0 Å². The van der Waals surface area contributed by atoms with E-state index in [0.29, 0.717) is 0 Å². The van der Waals surface area contributed by atoms with Crippen LogP contribution in [-0.4, -0.2) is 22.7 Å². The van der Waals surface area contributed by atoms with Crippen molar-refractivity contribution in [2.24, 2.45) is 5.92 Å². The summed E-state index contributed by atoms with van der Waals surface area (Å²) in [5.74, 6) is -0.490. The van der Waals surface area contributed by atoms with Gasteiger partial charge in [-0.25, -0.2) is 4.79 Å². The minimum atomic E-state index is -1.10. The first-order valence-corrected chi connectivity index (χ1v) is 6.97. The summed E-state index contributed by atoms with van der Waals surface area (Å²) in [7, 11) is 0. The lowest BCUT2D eigenvalue weighted by atomic mass is 9.87. The van der Waals surface area contributed by atoms with Gasteiger partial charge in [0.1, 0.15) is 11.3 Å². The molecule has 104 valence electrons. The Hall–Kier alpha value is -1.71. The standard InChI is InChI=1S/C15H21NO3/c17-14-7-6-12(10-13(14)15(18)19)16-9-8-11-4-2-1-3-5-11/h6-7,10-11,16-17H,1-5,8-9H2,(H,18,19). The van der Waals surface area contributed by atoms with Gasteiger partial charge in [-0.15, -0.1) is 0 Å². The molecule has 1 saturated carbocycles. The zero-order valence-electron chi connectivity index (χ0n) is 11.1.